The molecular formula is C16H22N4O. The van der Waals surface area contributed by atoms with Gasteiger partial charge < -0.3 is 10.1 Å². The fourth-order valence-corrected chi connectivity index (χ4v) is 2.63. The molecule has 2 heterocycles. The summed E-state index contributed by atoms with van der Waals surface area (Å²) in [6.07, 6.45) is 5.83. The summed E-state index contributed by atoms with van der Waals surface area (Å²) in [6, 6.07) is 10.3. The second kappa shape index (κ2) is 7.33. The summed E-state index contributed by atoms with van der Waals surface area (Å²) in [7, 11) is 0. The summed E-state index contributed by atoms with van der Waals surface area (Å²) in [5.74, 6) is 0. The van der Waals surface area contributed by atoms with E-state index in [2.05, 4.69) is 27.8 Å². The van der Waals surface area contributed by atoms with Crippen LogP contribution in [0.4, 0.5) is 0 Å². The first-order valence-electron chi connectivity index (χ1n) is 7.65. The lowest BCUT2D eigenvalue weighted by molar-refractivity contribution is 0.0167. The van der Waals surface area contributed by atoms with Gasteiger partial charge in [-0.05, 0) is 24.8 Å². The molecule has 0 amide bonds. The van der Waals surface area contributed by atoms with Crippen molar-refractivity contribution in [1.82, 2.24) is 20.3 Å². The third-order valence-electron chi connectivity index (χ3n) is 3.83. The molecule has 112 valence electrons. The lowest BCUT2D eigenvalue weighted by atomic mass is 10.1. The van der Waals surface area contributed by atoms with Gasteiger partial charge in [0.1, 0.15) is 0 Å². The molecule has 1 aliphatic rings. The van der Waals surface area contributed by atoms with Crippen LogP contribution < -0.4 is 5.32 Å². The van der Waals surface area contributed by atoms with Gasteiger partial charge in [0.25, 0.3) is 0 Å². The molecule has 0 saturated carbocycles. The Hall–Kier alpha value is -1.72. The maximum Gasteiger partial charge on any atom is 0.0738 e. The maximum atomic E-state index is 5.72. The van der Waals surface area contributed by atoms with E-state index in [9.17, 15) is 0 Å². The van der Waals surface area contributed by atoms with Crippen molar-refractivity contribution >= 4 is 0 Å². The molecule has 1 aliphatic heterocycles. The largest absolute Gasteiger partial charge is 0.377 e. The molecule has 0 radical (unpaired) electrons. The van der Waals surface area contributed by atoms with Crippen LogP contribution in [0.15, 0.2) is 36.5 Å². The molecule has 5 nitrogen and oxygen atoms in total. The van der Waals surface area contributed by atoms with Crippen LogP contribution in [-0.2, 0) is 17.8 Å². The molecule has 0 spiro atoms. The minimum absolute atomic E-state index is 0.359. The Balaban J connectivity index is 1.50. The normalized spacial score (nSPS) is 18.8. The maximum absolute atomic E-state index is 5.72. The Kier molecular flexibility index (Phi) is 4.97. The summed E-state index contributed by atoms with van der Waals surface area (Å²) < 4.78 is 7.67. The molecule has 3 rings (SSSR count). The number of rotatable bonds is 6. The minimum Gasteiger partial charge on any atom is -0.377 e. The fraction of sp³-hybridized carbons (Fsp3) is 0.500. The molecule has 2 aromatic rings. The van der Waals surface area contributed by atoms with E-state index < -0.39 is 0 Å². The Bertz CT molecular complexity index is 534. The molecule has 1 saturated heterocycles. The molecule has 1 atom stereocenters. The highest BCUT2D eigenvalue weighted by Gasteiger charge is 2.13. The fourth-order valence-electron chi connectivity index (χ4n) is 2.63. The van der Waals surface area contributed by atoms with Gasteiger partial charge in [0.05, 0.1) is 24.5 Å². The van der Waals surface area contributed by atoms with Crippen LogP contribution in [0.5, 0.6) is 0 Å². The van der Waals surface area contributed by atoms with Crippen molar-refractivity contribution in [1.29, 1.82) is 0 Å². The van der Waals surface area contributed by atoms with Crippen LogP contribution in [0, 0.1) is 0 Å². The van der Waals surface area contributed by atoms with E-state index in [1.54, 1.807) is 0 Å². The highest BCUT2D eigenvalue weighted by molar-refractivity contribution is 5.15. The average molecular weight is 286 g/mol. The lowest BCUT2D eigenvalue weighted by Crippen LogP contribution is -2.32. The first-order chi connectivity index (χ1) is 10.4. The number of nitrogens with zero attached hydrogens (tertiary/aromatic N) is 3. The summed E-state index contributed by atoms with van der Waals surface area (Å²) in [5.41, 5.74) is 2.34. The first-order valence-corrected chi connectivity index (χ1v) is 7.65. The summed E-state index contributed by atoms with van der Waals surface area (Å²) >= 11 is 0. The van der Waals surface area contributed by atoms with Crippen molar-refractivity contribution in [3.05, 3.63) is 47.8 Å². The Morgan fingerprint density at radius 1 is 1.24 bits per heavy atom. The van der Waals surface area contributed by atoms with Crippen molar-refractivity contribution < 1.29 is 4.74 Å². The number of benzene rings is 1. The van der Waals surface area contributed by atoms with Crippen molar-refractivity contribution in [2.45, 2.75) is 38.5 Å². The van der Waals surface area contributed by atoms with E-state index in [4.69, 9.17) is 4.74 Å². The molecule has 1 aromatic carbocycles. The van der Waals surface area contributed by atoms with E-state index in [0.717, 1.165) is 38.4 Å². The molecule has 1 fully saturated rings. The highest BCUT2D eigenvalue weighted by Crippen LogP contribution is 2.12. The Morgan fingerprint density at radius 3 is 2.95 bits per heavy atom. The molecule has 5 heteroatoms. The average Bonchev–Trinajstić information content (AvgIpc) is 2.97. The molecule has 1 unspecified atom stereocenters. The van der Waals surface area contributed by atoms with E-state index in [-0.39, 0.29) is 0 Å². The van der Waals surface area contributed by atoms with Crippen molar-refractivity contribution in [2.24, 2.45) is 0 Å². The van der Waals surface area contributed by atoms with E-state index in [1.165, 1.54) is 18.4 Å². The quantitative estimate of drug-likeness (QED) is 0.882. The summed E-state index contributed by atoms with van der Waals surface area (Å²) in [4.78, 5) is 0. The van der Waals surface area contributed by atoms with Gasteiger partial charge in [-0.3, -0.25) is 0 Å². The van der Waals surface area contributed by atoms with Crippen molar-refractivity contribution in [3.8, 4) is 0 Å². The third kappa shape index (κ3) is 4.12. The van der Waals surface area contributed by atoms with Crippen molar-refractivity contribution in [2.75, 3.05) is 13.2 Å². The van der Waals surface area contributed by atoms with E-state index in [0.29, 0.717) is 6.10 Å². The predicted molar refractivity (Wildman–Crippen MR) is 80.9 cm³/mol. The summed E-state index contributed by atoms with van der Waals surface area (Å²) in [5, 5.41) is 11.7. The highest BCUT2D eigenvalue weighted by atomic mass is 16.5. The minimum atomic E-state index is 0.359. The van der Waals surface area contributed by atoms with Gasteiger partial charge in [-0.1, -0.05) is 35.5 Å². The number of ether oxygens (including phenoxy) is 1. The second-order valence-corrected chi connectivity index (χ2v) is 5.49. The number of hydrogen-bond acceptors (Lipinski definition) is 4. The predicted octanol–water partition coefficient (Wildman–Crippen LogP) is 1.99. The van der Waals surface area contributed by atoms with Crippen LogP contribution in [0.1, 0.15) is 30.5 Å². The molecule has 0 bridgehead atoms. The zero-order chi connectivity index (χ0) is 14.3. The first kappa shape index (κ1) is 14.2. The van der Waals surface area contributed by atoms with E-state index in [1.807, 2.05) is 29.1 Å². The third-order valence-corrected chi connectivity index (χ3v) is 3.83. The van der Waals surface area contributed by atoms with Gasteiger partial charge in [0, 0.05) is 19.7 Å². The summed E-state index contributed by atoms with van der Waals surface area (Å²) in [6.45, 7) is 3.34. The van der Waals surface area contributed by atoms with Gasteiger partial charge in [-0.15, -0.1) is 5.10 Å². The van der Waals surface area contributed by atoms with Crippen LogP contribution in [-0.4, -0.2) is 34.2 Å². The van der Waals surface area contributed by atoms with Crippen LogP contribution in [0.3, 0.4) is 0 Å². The zero-order valence-corrected chi connectivity index (χ0v) is 12.2. The molecule has 21 heavy (non-hydrogen) atoms. The number of nitrogens with one attached hydrogen (secondary N) is 1. The Morgan fingerprint density at radius 2 is 2.14 bits per heavy atom. The van der Waals surface area contributed by atoms with Gasteiger partial charge in [-0.2, -0.15) is 0 Å². The standard InChI is InChI=1S/C16H22N4O/c1-2-6-14(7-3-1)13-20-15(11-18-19-20)10-17-12-16-8-4-5-9-21-16/h1-3,6-7,11,16-17H,4-5,8-10,12-13H2. The topological polar surface area (TPSA) is 52.0 Å². The van der Waals surface area contributed by atoms with Gasteiger partial charge >= 0.3 is 0 Å². The van der Waals surface area contributed by atoms with Crippen LogP contribution in [0.25, 0.3) is 0 Å². The molecular weight excluding hydrogens is 264 g/mol. The zero-order valence-electron chi connectivity index (χ0n) is 12.2. The number of aromatic nitrogens is 3. The molecule has 1 aromatic heterocycles. The lowest BCUT2D eigenvalue weighted by Gasteiger charge is -2.22. The van der Waals surface area contributed by atoms with E-state index >= 15 is 0 Å². The SMILES string of the molecule is c1ccc(Cn2nncc2CNCC2CCCCO2)cc1. The van der Waals surface area contributed by atoms with Crippen LogP contribution >= 0.6 is 0 Å². The van der Waals surface area contributed by atoms with Gasteiger partial charge in [-0.25, -0.2) is 4.68 Å². The molecule has 1 N–H and O–H groups in total. The van der Waals surface area contributed by atoms with Crippen molar-refractivity contribution in [3.63, 3.8) is 0 Å². The smallest absolute Gasteiger partial charge is 0.0738 e. The Labute approximate surface area is 125 Å². The molecule has 0 aliphatic carbocycles. The van der Waals surface area contributed by atoms with Crippen LogP contribution in [0.2, 0.25) is 0 Å². The van der Waals surface area contributed by atoms with Gasteiger partial charge in [0.15, 0.2) is 0 Å². The second-order valence-electron chi connectivity index (χ2n) is 5.49. The van der Waals surface area contributed by atoms with Gasteiger partial charge in [0.2, 0.25) is 0 Å². The number of hydrogen-bond donors (Lipinski definition) is 1. The monoisotopic (exact) mass is 286 g/mol.